The third-order valence-corrected chi connectivity index (χ3v) is 5.42. The Hall–Kier alpha value is -1.11. The first-order chi connectivity index (χ1) is 8.90. The number of sulfonamides is 1. The molecule has 4 N–H and O–H groups in total. The summed E-state index contributed by atoms with van der Waals surface area (Å²) in [5.74, 6) is 0. The van der Waals surface area contributed by atoms with Gasteiger partial charge in [-0.2, -0.15) is 0 Å². The van der Waals surface area contributed by atoms with Crippen LogP contribution in [0, 0.1) is 0 Å². The highest BCUT2D eigenvalue weighted by Gasteiger charge is 2.39. The van der Waals surface area contributed by atoms with Crippen molar-refractivity contribution in [2.45, 2.75) is 57.1 Å². The van der Waals surface area contributed by atoms with E-state index in [2.05, 4.69) is 4.72 Å². The molecule has 0 bridgehead atoms. The van der Waals surface area contributed by atoms with Crippen LogP contribution < -0.4 is 10.5 Å². The van der Waals surface area contributed by atoms with E-state index >= 15 is 0 Å². The van der Waals surface area contributed by atoms with E-state index < -0.39 is 21.2 Å². The largest absolute Gasteiger partial charge is 0.399 e. The summed E-state index contributed by atoms with van der Waals surface area (Å²) < 4.78 is 27.7. The highest BCUT2D eigenvalue weighted by molar-refractivity contribution is 7.89. The summed E-state index contributed by atoms with van der Waals surface area (Å²) in [5.41, 5.74) is 4.56. The van der Waals surface area contributed by atoms with Crippen molar-refractivity contribution in [2.24, 2.45) is 0 Å². The molecular formula is C14H24N2O3S. The van der Waals surface area contributed by atoms with E-state index in [1.54, 1.807) is 39.8 Å². The molecule has 0 unspecified atom stereocenters. The minimum absolute atomic E-state index is 0.164. The fourth-order valence-electron chi connectivity index (χ4n) is 1.63. The standard InChI is InChI=1S/C14H24N2O3S/c1-6-10-7-8-11(15)9-12(10)20(18,19)16-13(2,3)14(4,5)17/h7-9,16-17H,6,15H2,1-5H3. The average Bonchev–Trinajstić information content (AvgIpc) is 2.26. The number of aryl methyl sites for hydroxylation is 1. The molecule has 0 aliphatic heterocycles. The van der Waals surface area contributed by atoms with Gasteiger partial charge in [0.25, 0.3) is 0 Å². The molecule has 1 rings (SSSR count). The number of hydrogen-bond donors (Lipinski definition) is 3. The SMILES string of the molecule is CCc1ccc(N)cc1S(=O)(=O)NC(C)(C)C(C)(C)O. The second-order valence-corrected chi connectivity index (χ2v) is 7.66. The van der Waals surface area contributed by atoms with E-state index in [4.69, 9.17) is 5.73 Å². The number of benzene rings is 1. The van der Waals surface area contributed by atoms with Crippen LogP contribution in [-0.2, 0) is 16.4 Å². The van der Waals surface area contributed by atoms with Gasteiger partial charge in [-0.3, -0.25) is 0 Å². The van der Waals surface area contributed by atoms with E-state index in [-0.39, 0.29) is 4.90 Å². The highest BCUT2D eigenvalue weighted by atomic mass is 32.2. The van der Waals surface area contributed by atoms with Crippen LogP contribution in [0.15, 0.2) is 23.1 Å². The van der Waals surface area contributed by atoms with E-state index in [1.165, 1.54) is 6.07 Å². The zero-order chi connectivity index (χ0) is 15.8. The smallest absolute Gasteiger partial charge is 0.241 e. The van der Waals surface area contributed by atoms with E-state index in [1.807, 2.05) is 6.92 Å². The van der Waals surface area contributed by atoms with Gasteiger partial charge in [0.2, 0.25) is 10.0 Å². The normalized spacial score (nSPS) is 13.5. The summed E-state index contributed by atoms with van der Waals surface area (Å²) in [7, 11) is -3.76. The molecule has 114 valence electrons. The third kappa shape index (κ3) is 3.50. The second kappa shape index (κ2) is 5.35. The molecule has 0 atom stereocenters. The van der Waals surface area contributed by atoms with Crippen LogP contribution in [0.25, 0.3) is 0 Å². The molecule has 0 fully saturated rings. The molecule has 0 spiro atoms. The van der Waals surface area contributed by atoms with Crippen molar-refractivity contribution in [1.29, 1.82) is 0 Å². The first-order valence-corrected chi connectivity index (χ1v) is 8.04. The zero-order valence-electron chi connectivity index (χ0n) is 12.7. The van der Waals surface area contributed by atoms with Crippen LogP contribution in [0.4, 0.5) is 5.69 Å². The summed E-state index contributed by atoms with van der Waals surface area (Å²) in [6.45, 7) is 8.29. The molecule has 0 saturated heterocycles. The van der Waals surface area contributed by atoms with Gasteiger partial charge in [0.05, 0.1) is 16.0 Å². The summed E-state index contributed by atoms with van der Waals surface area (Å²) in [6.07, 6.45) is 0.583. The number of rotatable bonds is 5. The predicted molar refractivity (Wildman–Crippen MR) is 80.9 cm³/mol. The molecule has 1 aromatic rings. The maximum absolute atomic E-state index is 12.5. The molecule has 0 heterocycles. The van der Waals surface area contributed by atoms with Crippen molar-refractivity contribution in [3.8, 4) is 0 Å². The minimum Gasteiger partial charge on any atom is -0.399 e. The van der Waals surface area contributed by atoms with Crippen molar-refractivity contribution in [3.63, 3.8) is 0 Å². The van der Waals surface area contributed by atoms with Crippen LogP contribution in [0.5, 0.6) is 0 Å². The molecule has 0 aliphatic rings. The first kappa shape index (κ1) is 16.9. The van der Waals surface area contributed by atoms with Gasteiger partial charge < -0.3 is 10.8 Å². The number of hydrogen-bond acceptors (Lipinski definition) is 4. The Kier molecular flexibility index (Phi) is 4.53. The summed E-state index contributed by atoms with van der Waals surface area (Å²) in [5, 5.41) is 10.1. The number of nitrogens with two attached hydrogens (primary N) is 1. The Morgan fingerprint density at radius 2 is 1.80 bits per heavy atom. The number of aliphatic hydroxyl groups is 1. The molecule has 0 amide bonds. The summed E-state index contributed by atoms with van der Waals surface area (Å²) >= 11 is 0. The van der Waals surface area contributed by atoms with Crippen molar-refractivity contribution in [3.05, 3.63) is 23.8 Å². The van der Waals surface area contributed by atoms with E-state index in [9.17, 15) is 13.5 Å². The molecule has 0 saturated carbocycles. The number of nitrogen functional groups attached to an aromatic ring is 1. The van der Waals surface area contributed by atoms with Crippen LogP contribution >= 0.6 is 0 Å². The van der Waals surface area contributed by atoms with Crippen molar-refractivity contribution in [2.75, 3.05) is 5.73 Å². The predicted octanol–water partition coefficient (Wildman–Crippen LogP) is 1.66. The molecule has 5 nitrogen and oxygen atoms in total. The highest BCUT2D eigenvalue weighted by Crippen LogP contribution is 2.26. The lowest BCUT2D eigenvalue weighted by atomic mass is 9.87. The summed E-state index contributed by atoms with van der Waals surface area (Å²) in [4.78, 5) is 0.164. The second-order valence-electron chi connectivity index (χ2n) is 6.01. The van der Waals surface area contributed by atoms with Crippen molar-refractivity contribution in [1.82, 2.24) is 4.72 Å². The monoisotopic (exact) mass is 300 g/mol. The lowest BCUT2D eigenvalue weighted by molar-refractivity contribution is 0.00638. The third-order valence-electron chi connectivity index (χ3n) is 3.68. The Morgan fingerprint density at radius 1 is 1.25 bits per heavy atom. The Labute approximate surface area is 121 Å². The Bertz CT molecular complexity index is 587. The molecular weight excluding hydrogens is 276 g/mol. The van der Waals surface area contributed by atoms with Crippen molar-refractivity contribution < 1.29 is 13.5 Å². The maximum Gasteiger partial charge on any atom is 0.241 e. The first-order valence-electron chi connectivity index (χ1n) is 6.55. The molecule has 0 radical (unpaired) electrons. The molecule has 1 aromatic carbocycles. The van der Waals surface area contributed by atoms with Crippen LogP contribution in [0.2, 0.25) is 0 Å². The molecule has 0 aliphatic carbocycles. The van der Waals surface area contributed by atoms with Crippen LogP contribution in [-0.4, -0.2) is 24.7 Å². The topological polar surface area (TPSA) is 92.4 Å². The Morgan fingerprint density at radius 3 is 2.25 bits per heavy atom. The van der Waals surface area contributed by atoms with Crippen molar-refractivity contribution >= 4 is 15.7 Å². The minimum atomic E-state index is -3.76. The number of nitrogens with one attached hydrogen (secondary N) is 1. The van der Waals surface area contributed by atoms with Crippen LogP contribution in [0.3, 0.4) is 0 Å². The van der Waals surface area contributed by atoms with Gasteiger partial charge in [-0.05, 0) is 51.8 Å². The van der Waals surface area contributed by atoms with Gasteiger partial charge in [-0.15, -0.1) is 0 Å². The fourth-order valence-corrected chi connectivity index (χ4v) is 3.51. The lowest BCUT2D eigenvalue weighted by Gasteiger charge is -2.37. The van der Waals surface area contributed by atoms with Crippen LogP contribution in [0.1, 0.15) is 40.2 Å². The van der Waals surface area contributed by atoms with E-state index in [0.717, 1.165) is 0 Å². The van der Waals surface area contributed by atoms with Gasteiger partial charge in [-0.25, -0.2) is 13.1 Å². The number of anilines is 1. The molecule has 20 heavy (non-hydrogen) atoms. The van der Waals surface area contributed by atoms with Gasteiger partial charge in [0.15, 0.2) is 0 Å². The zero-order valence-corrected chi connectivity index (χ0v) is 13.5. The van der Waals surface area contributed by atoms with Gasteiger partial charge in [0.1, 0.15) is 0 Å². The quantitative estimate of drug-likeness (QED) is 0.721. The molecule has 0 aromatic heterocycles. The van der Waals surface area contributed by atoms with Gasteiger partial charge >= 0.3 is 0 Å². The fraction of sp³-hybridized carbons (Fsp3) is 0.571. The van der Waals surface area contributed by atoms with Gasteiger partial charge in [0, 0.05) is 5.69 Å². The lowest BCUT2D eigenvalue weighted by Crippen LogP contribution is -2.57. The summed E-state index contributed by atoms with van der Waals surface area (Å²) in [6, 6.07) is 4.83. The average molecular weight is 300 g/mol. The van der Waals surface area contributed by atoms with Gasteiger partial charge in [-0.1, -0.05) is 13.0 Å². The maximum atomic E-state index is 12.5. The molecule has 6 heteroatoms. The van der Waals surface area contributed by atoms with E-state index in [0.29, 0.717) is 17.7 Å². The Balaban J connectivity index is 3.29.